The van der Waals surface area contributed by atoms with Crippen LogP contribution in [0.2, 0.25) is 0 Å². The van der Waals surface area contributed by atoms with Crippen molar-refractivity contribution in [1.82, 2.24) is 25.1 Å². The Labute approximate surface area is 185 Å². The van der Waals surface area contributed by atoms with Crippen LogP contribution in [0.25, 0.3) is 10.2 Å². The number of thiophene rings is 1. The molecule has 0 aliphatic heterocycles. The predicted molar refractivity (Wildman–Crippen MR) is 123 cm³/mol. The van der Waals surface area contributed by atoms with Gasteiger partial charge in [-0.3, -0.25) is 4.68 Å². The highest BCUT2D eigenvalue weighted by atomic mass is 32.1. The summed E-state index contributed by atoms with van der Waals surface area (Å²) in [4.78, 5) is 21.4. The minimum atomic E-state index is -0.483. The monoisotopic (exact) mass is 443 g/mol. The fourth-order valence-electron chi connectivity index (χ4n) is 3.68. The molecule has 0 radical (unpaired) electrons. The lowest BCUT2D eigenvalue weighted by atomic mass is 9.91. The van der Waals surface area contributed by atoms with E-state index in [1.807, 2.05) is 45.5 Å². The second kappa shape index (κ2) is 8.70. The molecule has 4 rings (SSSR count). The van der Waals surface area contributed by atoms with Crippen LogP contribution >= 0.6 is 11.3 Å². The lowest BCUT2D eigenvalue weighted by molar-refractivity contribution is 0.0492. The molecule has 0 spiro atoms. The van der Waals surface area contributed by atoms with Crippen molar-refractivity contribution >= 4 is 45.1 Å². The number of anilines is 3. The van der Waals surface area contributed by atoms with E-state index in [2.05, 4.69) is 26.0 Å². The van der Waals surface area contributed by atoms with Crippen LogP contribution < -0.4 is 16.0 Å². The summed E-state index contributed by atoms with van der Waals surface area (Å²) in [5, 5.41) is 16.0. The fraction of sp³-hybridized carbons (Fsp3) is 0.524. The van der Waals surface area contributed by atoms with Gasteiger partial charge >= 0.3 is 6.09 Å². The molecule has 0 atom stereocenters. The normalized spacial score (nSPS) is 19.2. The first kappa shape index (κ1) is 21.4. The zero-order chi connectivity index (χ0) is 22.0. The van der Waals surface area contributed by atoms with Crippen molar-refractivity contribution < 1.29 is 9.53 Å². The lowest BCUT2D eigenvalue weighted by Crippen LogP contribution is -2.42. The molecule has 166 valence electrons. The molecular formula is C21H29N7O2S. The van der Waals surface area contributed by atoms with Gasteiger partial charge in [0.15, 0.2) is 0 Å². The summed E-state index contributed by atoms with van der Waals surface area (Å²) >= 11 is 1.63. The Morgan fingerprint density at radius 3 is 2.61 bits per heavy atom. The number of nitrogens with zero attached hydrogens (tertiary/aromatic N) is 4. The maximum atomic E-state index is 12.0. The van der Waals surface area contributed by atoms with Gasteiger partial charge in [-0.1, -0.05) is 0 Å². The molecule has 1 aliphatic carbocycles. The van der Waals surface area contributed by atoms with Gasteiger partial charge in [0.1, 0.15) is 11.4 Å². The topological polar surface area (TPSA) is 106 Å². The molecule has 1 amide bonds. The van der Waals surface area contributed by atoms with Crippen LogP contribution in [0.4, 0.5) is 22.2 Å². The third kappa shape index (κ3) is 5.63. The molecule has 1 fully saturated rings. The van der Waals surface area contributed by atoms with Gasteiger partial charge in [0.25, 0.3) is 0 Å². The summed E-state index contributed by atoms with van der Waals surface area (Å²) in [5.41, 5.74) is 1.27. The molecule has 3 heterocycles. The SMILES string of the molecule is Cn1cc(Nc2nc(NC3CCC(NC(=O)OC(C)(C)C)CC3)c3sccc3n2)cn1. The Hall–Kier alpha value is -2.88. The number of carbonyl (C=O) groups excluding carboxylic acids is 1. The third-order valence-electron chi connectivity index (χ3n) is 5.05. The lowest BCUT2D eigenvalue weighted by Gasteiger charge is -2.30. The largest absolute Gasteiger partial charge is 0.444 e. The Kier molecular flexibility index (Phi) is 5.99. The molecule has 31 heavy (non-hydrogen) atoms. The van der Waals surface area contributed by atoms with Gasteiger partial charge in [-0.25, -0.2) is 9.78 Å². The van der Waals surface area contributed by atoms with Crippen molar-refractivity contribution in [1.29, 1.82) is 0 Å². The summed E-state index contributed by atoms with van der Waals surface area (Å²) in [6, 6.07) is 2.44. The summed E-state index contributed by atoms with van der Waals surface area (Å²) < 4.78 is 8.15. The zero-order valence-corrected chi connectivity index (χ0v) is 19.1. The zero-order valence-electron chi connectivity index (χ0n) is 18.3. The van der Waals surface area contributed by atoms with Gasteiger partial charge in [0.2, 0.25) is 5.95 Å². The first-order valence-electron chi connectivity index (χ1n) is 10.5. The minimum absolute atomic E-state index is 0.142. The first-order chi connectivity index (χ1) is 14.7. The van der Waals surface area contributed by atoms with Crippen LogP contribution in [0.1, 0.15) is 46.5 Å². The average Bonchev–Trinajstić information content (AvgIpc) is 3.31. The molecule has 0 aromatic carbocycles. The van der Waals surface area contributed by atoms with Crippen LogP contribution in [0.15, 0.2) is 23.8 Å². The molecule has 3 N–H and O–H groups in total. The smallest absolute Gasteiger partial charge is 0.407 e. The van der Waals surface area contributed by atoms with E-state index in [0.29, 0.717) is 12.0 Å². The first-order valence-corrected chi connectivity index (χ1v) is 11.4. The Balaban J connectivity index is 1.39. The molecule has 1 saturated carbocycles. The van der Waals surface area contributed by atoms with Crippen molar-refractivity contribution in [2.45, 2.75) is 64.1 Å². The summed E-state index contributed by atoms with van der Waals surface area (Å²) in [7, 11) is 1.87. The number of aromatic nitrogens is 4. The van der Waals surface area contributed by atoms with Gasteiger partial charge in [0, 0.05) is 25.3 Å². The van der Waals surface area contributed by atoms with Crippen LogP contribution in [0.3, 0.4) is 0 Å². The second-order valence-electron chi connectivity index (χ2n) is 8.90. The van der Waals surface area contributed by atoms with Gasteiger partial charge < -0.3 is 20.7 Å². The number of alkyl carbamates (subject to hydrolysis) is 1. The maximum Gasteiger partial charge on any atom is 0.407 e. The van der Waals surface area contributed by atoms with E-state index >= 15 is 0 Å². The number of nitrogens with one attached hydrogen (secondary N) is 3. The molecule has 1 aliphatic rings. The highest BCUT2D eigenvalue weighted by Crippen LogP contribution is 2.31. The number of amides is 1. The van der Waals surface area contributed by atoms with E-state index in [1.165, 1.54) is 0 Å². The standard InChI is InChI=1S/C21H29N7O2S/c1-21(2,3)30-20(29)25-14-7-5-13(6-8-14)23-18-17-16(9-10-31-17)26-19(27-18)24-15-11-22-28(4)12-15/h9-14H,5-8H2,1-4H3,(H,25,29)(H2,23,24,26,27). The Bertz CT molecular complexity index is 1050. The number of rotatable bonds is 5. The number of fused-ring (bicyclic) bond motifs is 1. The van der Waals surface area contributed by atoms with Crippen LogP contribution in [-0.2, 0) is 11.8 Å². The molecule has 9 nitrogen and oxygen atoms in total. The molecule has 0 unspecified atom stereocenters. The van der Waals surface area contributed by atoms with Crippen LogP contribution in [0, 0.1) is 0 Å². The molecule has 0 bridgehead atoms. The van der Waals surface area contributed by atoms with Gasteiger partial charge in [0.05, 0.1) is 22.1 Å². The van der Waals surface area contributed by atoms with E-state index in [1.54, 1.807) is 22.2 Å². The van der Waals surface area contributed by atoms with Gasteiger partial charge in [-0.15, -0.1) is 11.3 Å². The molecular weight excluding hydrogens is 414 g/mol. The number of ether oxygens (including phenoxy) is 1. The number of hydrogen-bond donors (Lipinski definition) is 3. The highest BCUT2D eigenvalue weighted by Gasteiger charge is 2.25. The van der Waals surface area contributed by atoms with Crippen molar-refractivity contribution in [2.24, 2.45) is 7.05 Å². The number of hydrogen-bond acceptors (Lipinski definition) is 8. The van der Waals surface area contributed by atoms with Gasteiger partial charge in [-0.2, -0.15) is 10.1 Å². The molecule has 3 aromatic rings. The number of carbonyl (C=O) groups is 1. The summed E-state index contributed by atoms with van der Waals surface area (Å²) in [5.74, 6) is 1.39. The van der Waals surface area contributed by atoms with Crippen molar-refractivity contribution in [3.63, 3.8) is 0 Å². The van der Waals surface area contributed by atoms with Gasteiger partial charge in [-0.05, 0) is 57.9 Å². The average molecular weight is 444 g/mol. The molecule has 3 aromatic heterocycles. The van der Waals surface area contributed by atoms with E-state index < -0.39 is 5.60 Å². The maximum absolute atomic E-state index is 12.0. The number of aryl methyl sites for hydroxylation is 1. The van der Waals surface area contributed by atoms with E-state index in [9.17, 15) is 4.79 Å². The van der Waals surface area contributed by atoms with Crippen molar-refractivity contribution in [3.8, 4) is 0 Å². The molecule has 0 saturated heterocycles. The third-order valence-corrected chi connectivity index (χ3v) is 5.96. The minimum Gasteiger partial charge on any atom is -0.444 e. The van der Waals surface area contributed by atoms with E-state index in [-0.39, 0.29) is 12.1 Å². The van der Waals surface area contributed by atoms with Crippen molar-refractivity contribution in [2.75, 3.05) is 10.6 Å². The fourth-order valence-corrected chi connectivity index (χ4v) is 4.47. The van der Waals surface area contributed by atoms with Crippen LogP contribution in [0.5, 0.6) is 0 Å². The Morgan fingerprint density at radius 2 is 1.94 bits per heavy atom. The molecule has 10 heteroatoms. The Morgan fingerprint density at radius 1 is 1.19 bits per heavy atom. The predicted octanol–water partition coefficient (Wildman–Crippen LogP) is 4.42. The summed E-state index contributed by atoms with van der Waals surface area (Å²) in [6.45, 7) is 5.62. The van der Waals surface area contributed by atoms with Crippen LogP contribution in [-0.4, -0.2) is 43.5 Å². The summed E-state index contributed by atoms with van der Waals surface area (Å²) in [6.07, 6.45) is 6.98. The quantitative estimate of drug-likeness (QED) is 0.536. The highest BCUT2D eigenvalue weighted by molar-refractivity contribution is 7.17. The van der Waals surface area contributed by atoms with E-state index in [4.69, 9.17) is 9.72 Å². The second-order valence-corrected chi connectivity index (χ2v) is 9.81. The van der Waals surface area contributed by atoms with Crippen molar-refractivity contribution in [3.05, 3.63) is 23.8 Å². The van der Waals surface area contributed by atoms with E-state index in [0.717, 1.165) is 47.4 Å².